The maximum absolute atomic E-state index is 12.2. The molecule has 0 spiro atoms. The molecule has 1 N–H and O–H groups in total. The van der Waals surface area contributed by atoms with Crippen molar-refractivity contribution < 1.29 is 4.21 Å². The van der Waals surface area contributed by atoms with E-state index >= 15 is 0 Å². The SMILES string of the molecule is CC(CS(C)=O)n1c(=S)[nH]c2ccsc2c1=O. The van der Waals surface area contributed by atoms with Crippen LogP contribution in [0.1, 0.15) is 13.0 Å². The number of hydrogen-bond donors (Lipinski definition) is 1. The van der Waals surface area contributed by atoms with Crippen molar-refractivity contribution in [3.05, 3.63) is 26.6 Å². The van der Waals surface area contributed by atoms with Crippen LogP contribution in [0.2, 0.25) is 0 Å². The van der Waals surface area contributed by atoms with Gasteiger partial charge in [-0.15, -0.1) is 11.3 Å². The van der Waals surface area contributed by atoms with Crippen LogP contribution in [-0.2, 0) is 10.8 Å². The molecule has 2 atom stereocenters. The van der Waals surface area contributed by atoms with E-state index in [4.69, 9.17) is 12.2 Å². The fraction of sp³-hybridized carbons (Fsp3) is 0.400. The molecule has 2 aromatic rings. The smallest absolute Gasteiger partial charge is 0.272 e. The molecule has 0 amide bonds. The van der Waals surface area contributed by atoms with Gasteiger partial charge in [0.2, 0.25) is 0 Å². The van der Waals surface area contributed by atoms with Crippen molar-refractivity contribution in [2.24, 2.45) is 0 Å². The Morgan fingerprint density at radius 2 is 2.35 bits per heavy atom. The largest absolute Gasteiger partial charge is 0.331 e. The summed E-state index contributed by atoms with van der Waals surface area (Å²) in [4.78, 5) is 15.2. The fourth-order valence-corrected chi connectivity index (χ4v) is 3.75. The number of rotatable bonds is 3. The quantitative estimate of drug-likeness (QED) is 0.880. The maximum atomic E-state index is 12.2. The lowest BCUT2D eigenvalue weighted by atomic mass is 10.3. The van der Waals surface area contributed by atoms with Crippen LogP contribution in [0.15, 0.2) is 16.2 Å². The molecule has 0 aliphatic carbocycles. The van der Waals surface area contributed by atoms with Gasteiger partial charge in [0.25, 0.3) is 5.56 Å². The molecule has 4 nitrogen and oxygen atoms in total. The highest BCUT2D eigenvalue weighted by Crippen LogP contribution is 2.15. The van der Waals surface area contributed by atoms with Crippen molar-refractivity contribution in [1.82, 2.24) is 9.55 Å². The Hall–Kier alpha value is -0.790. The zero-order chi connectivity index (χ0) is 12.6. The second kappa shape index (κ2) is 4.83. The van der Waals surface area contributed by atoms with Crippen LogP contribution in [0.25, 0.3) is 10.2 Å². The Kier molecular flexibility index (Phi) is 3.60. The van der Waals surface area contributed by atoms with E-state index in [1.54, 1.807) is 6.26 Å². The first-order valence-corrected chi connectivity index (χ1v) is 8.04. The molecule has 0 saturated heterocycles. The highest BCUT2D eigenvalue weighted by Gasteiger charge is 2.13. The molecule has 17 heavy (non-hydrogen) atoms. The Bertz CT molecular complexity index is 683. The summed E-state index contributed by atoms with van der Waals surface area (Å²) in [5, 5.41) is 1.85. The third-order valence-electron chi connectivity index (χ3n) is 2.46. The molecule has 0 bridgehead atoms. The van der Waals surface area contributed by atoms with Crippen LogP contribution in [0.3, 0.4) is 0 Å². The van der Waals surface area contributed by atoms with E-state index in [0.717, 1.165) is 5.52 Å². The number of aromatic nitrogens is 2. The minimum Gasteiger partial charge on any atom is -0.331 e. The van der Waals surface area contributed by atoms with Crippen molar-refractivity contribution in [2.75, 3.05) is 12.0 Å². The van der Waals surface area contributed by atoms with Crippen molar-refractivity contribution in [3.8, 4) is 0 Å². The van der Waals surface area contributed by atoms with Gasteiger partial charge in [-0.2, -0.15) is 0 Å². The van der Waals surface area contributed by atoms with E-state index in [9.17, 15) is 9.00 Å². The first-order valence-electron chi connectivity index (χ1n) is 5.02. The summed E-state index contributed by atoms with van der Waals surface area (Å²) < 4.78 is 13.8. The normalized spacial score (nSPS) is 14.9. The second-order valence-electron chi connectivity index (χ2n) is 3.86. The predicted molar refractivity (Wildman–Crippen MR) is 74.9 cm³/mol. The van der Waals surface area contributed by atoms with Gasteiger partial charge < -0.3 is 4.98 Å². The lowest BCUT2D eigenvalue weighted by Crippen LogP contribution is -2.27. The molecule has 0 fully saturated rings. The Balaban J connectivity index is 2.64. The summed E-state index contributed by atoms with van der Waals surface area (Å²) >= 11 is 6.56. The van der Waals surface area contributed by atoms with E-state index in [1.165, 1.54) is 15.9 Å². The van der Waals surface area contributed by atoms with Gasteiger partial charge in [0, 0.05) is 28.9 Å². The number of fused-ring (bicyclic) bond motifs is 1. The second-order valence-corrected chi connectivity index (χ2v) is 6.64. The van der Waals surface area contributed by atoms with Crippen LogP contribution in [0.4, 0.5) is 0 Å². The van der Waals surface area contributed by atoms with Gasteiger partial charge in [0.15, 0.2) is 4.77 Å². The molecule has 7 heteroatoms. The summed E-state index contributed by atoms with van der Waals surface area (Å²) in [6.07, 6.45) is 1.62. The van der Waals surface area contributed by atoms with Crippen LogP contribution in [0.5, 0.6) is 0 Å². The van der Waals surface area contributed by atoms with Gasteiger partial charge in [-0.3, -0.25) is 13.6 Å². The summed E-state index contributed by atoms with van der Waals surface area (Å²) in [5.74, 6) is 0.425. The zero-order valence-corrected chi connectivity index (χ0v) is 11.9. The summed E-state index contributed by atoms with van der Waals surface area (Å²) in [6, 6.07) is 1.67. The Labute approximate surface area is 110 Å². The molecular formula is C10H12N2O2S3. The molecular weight excluding hydrogens is 276 g/mol. The molecule has 2 aromatic heterocycles. The zero-order valence-electron chi connectivity index (χ0n) is 9.43. The monoisotopic (exact) mass is 288 g/mol. The maximum Gasteiger partial charge on any atom is 0.272 e. The van der Waals surface area contributed by atoms with E-state index in [1.807, 2.05) is 18.4 Å². The third-order valence-corrected chi connectivity index (χ3v) is 4.61. The van der Waals surface area contributed by atoms with Gasteiger partial charge in [-0.25, -0.2) is 0 Å². The Morgan fingerprint density at radius 3 is 3.00 bits per heavy atom. The summed E-state index contributed by atoms with van der Waals surface area (Å²) in [6.45, 7) is 1.85. The van der Waals surface area contributed by atoms with Gasteiger partial charge in [0.05, 0.1) is 5.52 Å². The molecule has 0 aliphatic heterocycles. The lowest BCUT2D eigenvalue weighted by Gasteiger charge is -2.13. The highest BCUT2D eigenvalue weighted by atomic mass is 32.2. The van der Waals surface area contributed by atoms with E-state index in [0.29, 0.717) is 15.2 Å². The van der Waals surface area contributed by atoms with Crippen LogP contribution < -0.4 is 5.56 Å². The molecule has 0 radical (unpaired) electrons. The number of thiophene rings is 1. The molecule has 2 rings (SSSR count). The average Bonchev–Trinajstić information content (AvgIpc) is 2.64. The van der Waals surface area contributed by atoms with E-state index in [-0.39, 0.29) is 11.6 Å². The fourth-order valence-electron chi connectivity index (χ4n) is 1.76. The van der Waals surface area contributed by atoms with Crippen LogP contribution in [0, 0.1) is 4.77 Å². The third kappa shape index (κ3) is 2.41. The standard InChI is InChI=1S/C10H12N2O2S3/c1-6(5-17(2)14)12-9(13)8-7(3-4-16-8)11-10(12)15/h3-4,6H,5H2,1-2H3,(H,11,15). The number of aromatic amines is 1. The number of H-pyrrole nitrogens is 1. The number of nitrogens with zero attached hydrogens (tertiary/aromatic N) is 1. The summed E-state index contributed by atoms with van der Waals surface area (Å²) in [7, 11) is -0.953. The van der Waals surface area contributed by atoms with Gasteiger partial charge in [0.1, 0.15) is 4.70 Å². The molecule has 0 aromatic carbocycles. The molecule has 2 unspecified atom stereocenters. The molecule has 2 heterocycles. The van der Waals surface area contributed by atoms with Crippen LogP contribution >= 0.6 is 23.6 Å². The lowest BCUT2D eigenvalue weighted by molar-refractivity contribution is 0.566. The van der Waals surface area contributed by atoms with Gasteiger partial charge in [-0.05, 0) is 30.6 Å². The van der Waals surface area contributed by atoms with E-state index in [2.05, 4.69) is 4.98 Å². The highest BCUT2D eigenvalue weighted by molar-refractivity contribution is 7.84. The van der Waals surface area contributed by atoms with Crippen molar-refractivity contribution in [3.63, 3.8) is 0 Å². The first-order chi connectivity index (χ1) is 8.00. The number of hydrogen-bond acceptors (Lipinski definition) is 4. The van der Waals surface area contributed by atoms with E-state index < -0.39 is 10.8 Å². The minimum absolute atomic E-state index is 0.100. The minimum atomic E-state index is -0.953. The molecule has 92 valence electrons. The molecule has 0 saturated carbocycles. The van der Waals surface area contributed by atoms with Gasteiger partial charge in [-0.1, -0.05) is 0 Å². The van der Waals surface area contributed by atoms with Crippen molar-refractivity contribution >= 4 is 44.6 Å². The van der Waals surface area contributed by atoms with Gasteiger partial charge >= 0.3 is 0 Å². The topological polar surface area (TPSA) is 54.9 Å². The predicted octanol–water partition coefficient (Wildman–Crippen LogP) is 2.06. The number of nitrogens with one attached hydrogen (secondary N) is 1. The van der Waals surface area contributed by atoms with Crippen molar-refractivity contribution in [1.29, 1.82) is 0 Å². The average molecular weight is 288 g/mol. The van der Waals surface area contributed by atoms with Crippen molar-refractivity contribution in [2.45, 2.75) is 13.0 Å². The molecule has 0 aliphatic rings. The summed E-state index contributed by atoms with van der Waals surface area (Å²) in [5.41, 5.74) is 0.669. The Morgan fingerprint density at radius 1 is 1.65 bits per heavy atom. The first kappa shape index (κ1) is 12.7. The van der Waals surface area contributed by atoms with Crippen LogP contribution in [-0.4, -0.2) is 25.8 Å².